The number of thiophene rings is 1. The third kappa shape index (κ3) is 4.52. The SMILES string of the molecule is CC(N)c1cccc(S(=O)(=O)NCCc2ccc(Cl)s2)c1. The summed E-state index contributed by atoms with van der Waals surface area (Å²) in [6.07, 6.45) is 0.615. The van der Waals surface area contributed by atoms with Gasteiger partial charge in [-0.3, -0.25) is 0 Å². The summed E-state index contributed by atoms with van der Waals surface area (Å²) in [5, 5.41) is 0. The summed E-state index contributed by atoms with van der Waals surface area (Å²) in [5.41, 5.74) is 6.57. The van der Waals surface area contributed by atoms with Gasteiger partial charge in [0.05, 0.1) is 9.23 Å². The van der Waals surface area contributed by atoms with Gasteiger partial charge < -0.3 is 5.73 Å². The van der Waals surface area contributed by atoms with Crippen molar-refractivity contribution < 1.29 is 8.42 Å². The van der Waals surface area contributed by atoms with Gasteiger partial charge in [0.1, 0.15) is 0 Å². The molecule has 2 aromatic rings. The maximum atomic E-state index is 12.2. The highest BCUT2D eigenvalue weighted by molar-refractivity contribution is 7.89. The van der Waals surface area contributed by atoms with Gasteiger partial charge in [0.25, 0.3) is 0 Å². The average molecular weight is 345 g/mol. The van der Waals surface area contributed by atoms with Gasteiger partial charge in [-0.1, -0.05) is 23.7 Å². The molecule has 4 nitrogen and oxygen atoms in total. The number of nitrogens with one attached hydrogen (secondary N) is 1. The third-order valence-corrected chi connectivity index (χ3v) is 5.74. The molecule has 114 valence electrons. The van der Waals surface area contributed by atoms with Crippen molar-refractivity contribution in [2.45, 2.75) is 24.3 Å². The van der Waals surface area contributed by atoms with Crippen LogP contribution in [-0.2, 0) is 16.4 Å². The van der Waals surface area contributed by atoms with Crippen LogP contribution in [0.3, 0.4) is 0 Å². The van der Waals surface area contributed by atoms with Gasteiger partial charge in [-0.15, -0.1) is 11.3 Å². The molecule has 3 N–H and O–H groups in total. The van der Waals surface area contributed by atoms with Gasteiger partial charge in [0.2, 0.25) is 10.0 Å². The molecule has 1 unspecified atom stereocenters. The van der Waals surface area contributed by atoms with Crippen LogP contribution in [0.15, 0.2) is 41.3 Å². The Morgan fingerprint density at radius 3 is 2.71 bits per heavy atom. The molecule has 7 heteroatoms. The van der Waals surface area contributed by atoms with Crippen molar-refractivity contribution in [3.05, 3.63) is 51.2 Å². The van der Waals surface area contributed by atoms with Gasteiger partial charge in [-0.25, -0.2) is 13.1 Å². The summed E-state index contributed by atoms with van der Waals surface area (Å²) in [5.74, 6) is 0. The van der Waals surface area contributed by atoms with Crippen LogP contribution in [0.4, 0.5) is 0 Å². The molecule has 0 radical (unpaired) electrons. The van der Waals surface area contributed by atoms with Crippen LogP contribution in [-0.4, -0.2) is 15.0 Å². The first-order valence-corrected chi connectivity index (χ1v) is 9.15. The Morgan fingerprint density at radius 1 is 1.33 bits per heavy atom. The van der Waals surface area contributed by atoms with Crippen LogP contribution in [0.5, 0.6) is 0 Å². The molecular weight excluding hydrogens is 328 g/mol. The van der Waals surface area contributed by atoms with Crippen LogP contribution in [0.25, 0.3) is 0 Å². The Balaban J connectivity index is 2.03. The lowest BCUT2D eigenvalue weighted by Gasteiger charge is -2.10. The average Bonchev–Trinajstić information content (AvgIpc) is 2.84. The van der Waals surface area contributed by atoms with E-state index >= 15 is 0 Å². The molecule has 1 atom stereocenters. The van der Waals surface area contributed by atoms with E-state index in [0.717, 1.165) is 10.4 Å². The molecule has 0 aliphatic heterocycles. The first-order chi connectivity index (χ1) is 9.88. The monoisotopic (exact) mass is 344 g/mol. The zero-order valence-electron chi connectivity index (χ0n) is 11.5. The number of halogens is 1. The summed E-state index contributed by atoms with van der Waals surface area (Å²) >= 11 is 7.29. The standard InChI is InChI=1S/C14H17ClN2O2S2/c1-10(16)11-3-2-4-13(9-11)21(18,19)17-8-7-12-5-6-14(15)20-12/h2-6,9-10,17H,7-8,16H2,1H3. The third-order valence-electron chi connectivity index (χ3n) is 2.99. The highest BCUT2D eigenvalue weighted by Crippen LogP contribution is 2.21. The Kier molecular flexibility index (Phi) is 5.40. The molecule has 1 heterocycles. The second-order valence-electron chi connectivity index (χ2n) is 4.71. The van der Waals surface area contributed by atoms with E-state index in [1.807, 2.05) is 25.1 Å². The van der Waals surface area contributed by atoms with Gasteiger partial charge in [-0.2, -0.15) is 0 Å². The van der Waals surface area contributed by atoms with Crippen LogP contribution in [0, 0.1) is 0 Å². The minimum atomic E-state index is -3.51. The lowest BCUT2D eigenvalue weighted by Crippen LogP contribution is -2.26. The molecule has 2 rings (SSSR count). The topological polar surface area (TPSA) is 72.2 Å². The van der Waals surface area contributed by atoms with Gasteiger partial charge in [-0.05, 0) is 43.2 Å². The summed E-state index contributed by atoms with van der Waals surface area (Å²) in [7, 11) is -3.51. The zero-order chi connectivity index (χ0) is 15.5. The smallest absolute Gasteiger partial charge is 0.240 e. The molecular formula is C14H17ClN2O2S2. The maximum Gasteiger partial charge on any atom is 0.240 e. The number of benzene rings is 1. The molecule has 1 aromatic carbocycles. The van der Waals surface area contributed by atoms with E-state index in [-0.39, 0.29) is 10.9 Å². The number of hydrogen-bond acceptors (Lipinski definition) is 4. The highest BCUT2D eigenvalue weighted by atomic mass is 35.5. The molecule has 0 amide bonds. The quantitative estimate of drug-likeness (QED) is 0.846. The lowest BCUT2D eigenvalue weighted by atomic mass is 10.1. The minimum absolute atomic E-state index is 0.201. The van der Waals surface area contributed by atoms with E-state index in [2.05, 4.69) is 4.72 Å². The summed E-state index contributed by atoms with van der Waals surface area (Å²) in [4.78, 5) is 1.29. The first kappa shape index (κ1) is 16.5. The van der Waals surface area contributed by atoms with Crippen molar-refractivity contribution in [1.29, 1.82) is 0 Å². The molecule has 0 fully saturated rings. The molecule has 1 aromatic heterocycles. The van der Waals surface area contributed by atoms with Crippen molar-refractivity contribution in [2.24, 2.45) is 5.73 Å². The normalized spacial score (nSPS) is 13.3. The Morgan fingerprint density at radius 2 is 2.10 bits per heavy atom. The van der Waals surface area contributed by atoms with Crippen LogP contribution >= 0.6 is 22.9 Å². The van der Waals surface area contributed by atoms with E-state index < -0.39 is 10.0 Å². The first-order valence-electron chi connectivity index (χ1n) is 6.48. The number of hydrogen-bond donors (Lipinski definition) is 2. The Hall–Kier alpha value is -0.920. The van der Waals surface area contributed by atoms with Crippen LogP contribution < -0.4 is 10.5 Å². The fourth-order valence-electron chi connectivity index (χ4n) is 1.84. The highest BCUT2D eigenvalue weighted by Gasteiger charge is 2.14. The van der Waals surface area contributed by atoms with E-state index in [0.29, 0.717) is 17.3 Å². The summed E-state index contributed by atoms with van der Waals surface area (Å²) in [6, 6.07) is 10.2. The molecule has 0 saturated carbocycles. The van der Waals surface area contributed by atoms with Crippen molar-refractivity contribution in [3.63, 3.8) is 0 Å². The number of nitrogens with two attached hydrogens (primary N) is 1. The lowest BCUT2D eigenvalue weighted by molar-refractivity contribution is 0.581. The molecule has 0 aliphatic rings. The van der Waals surface area contributed by atoms with E-state index in [4.69, 9.17) is 17.3 Å². The largest absolute Gasteiger partial charge is 0.324 e. The van der Waals surface area contributed by atoms with Crippen LogP contribution in [0.1, 0.15) is 23.4 Å². The molecule has 0 spiro atoms. The van der Waals surface area contributed by atoms with Crippen molar-refractivity contribution in [3.8, 4) is 0 Å². The molecule has 21 heavy (non-hydrogen) atoms. The maximum absolute atomic E-state index is 12.2. The molecule has 0 bridgehead atoms. The fourth-order valence-corrected chi connectivity index (χ4v) is 4.02. The molecule has 0 aliphatic carbocycles. The van der Waals surface area contributed by atoms with Gasteiger partial charge in [0.15, 0.2) is 0 Å². The Labute approximate surface area is 134 Å². The minimum Gasteiger partial charge on any atom is -0.324 e. The molecule has 0 saturated heterocycles. The van der Waals surface area contributed by atoms with E-state index in [1.54, 1.807) is 18.2 Å². The zero-order valence-corrected chi connectivity index (χ0v) is 13.9. The van der Waals surface area contributed by atoms with Crippen LogP contribution in [0.2, 0.25) is 4.34 Å². The van der Waals surface area contributed by atoms with Crippen molar-refractivity contribution in [1.82, 2.24) is 4.72 Å². The Bertz CT molecular complexity index is 711. The van der Waals surface area contributed by atoms with Crippen molar-refractivity contribution >= 4 is 33.0 Å². The van der Waals surface area contributed by atoms with Crippen molar-refractivity contribution in [2.75, 3.05) is 6.54 Å². The fraction of sp³-hybridized carbons (Fsp3) is 0.286. The van der Waals surface area contributed by atoms with E-state index in [9.17, 15) is 8.42 Å². The second kappa shape index (κ2) is 6.89. The second-order valence-corrected chi connectivity index (χ2v) is 8.28. The summed E-state index contributed by atoms with van der Waals surface area (Å²) < 4.78 is 27.8. The van der Waals surface area contributed by atoms with Gasteiger partial charge >= 0.3 is 0 Å². The van der Waals surface area contributed by atoms with E-state index in [1.165, 1.54) is 11.3 Å². The number of sulfonamides is 1. The summed E-state index contributed by atoms with van der Waals surface area (Å²) in [6.45, 7) is 2.15. The predicted octanol–water partition coefficient (Wildman–Crippen LogP) is 2.94. The van der Waals surface area contributed by atoms with Gasteiger partial charge in [0, 0.05) is 17.5 Å². The number of rotatable bonds is 6. The predicted molar refractivity (Wildman–Crippen MR) is 87.3 cm³/mol.